The minimum atomic E-state index is -0.821. The Morgan fingerprint density at radius 2 is 2.07 bits per heavy atom. The van der Waals surface area contributed by atoms with E-state index in [-0.39, 0.29) is 6.61 Å². The largest absolute Gasteiger partial charge is 0.465 e. The van der Waals surface area contributed by atoms with Gasteiger partial charge in [-0.3, -0.25) is 4.79 Å². The number of benzene rings is 1. The molecule has 1 rings (SSSR count). The predicted octanol–water partition coefficient (Wildman–Crippen LogP) is 2.29. The van der Waals surface area contributed by atoms with Crippen LogP contribution in [0.2, 0.25) is 0 Å². The minimum absolute atomic E-state index is 0.277. The molecule has 0 spiro atoms. The third-order valence-corrected chi connectivity index (χ3v) is 2.43. The first-order valence-electron chi connectivity index (χ1n) is 4.56. The first kappa shape index (κ1) is 11.9. The van der Waals surface area contributed by atoms with Crippen LogP contribution < -0.4 is 0 Å². The second-order valence-electron chi connectivity index (χ2n) is 2.92. The Labute approximate surface area is 96.6 Å². The van der Waals surface area contributed by atoms with Crippen LogP contribution in [-0.2, 0) is 14.3 Å². The molecular weight excluding hydrogens is 260 g/mol. The molecule has 0 bridgehead atoms. The summed E-state index contributed by atoms with van der Waals surface area (Å²) in [6.45, 7) is 1.99. The van der Waals surface area contributed by atoms with Crippen molar-refractivity contribution in [3.05, 3.63) is 34.3 Å². The van der Waals surface area contributed by atoms with Gasteiger partial charge in [-0.1, -0.05) is 28.1 Å². The van der Waals surface area contributed by atoms with E-state index in [0.717, 1.165) is 4.47 Å². The molecule has 1 atom stereocenters. The van der Waals surface area contributed by atoms with E-state index in [9.17, 15) is 9.59 Å². The van der Waals surface area contributed by atoms with Crippen molar-refractivity contribution >= 4 is 28.2 Å². The lowest BCUT2D eigenvalue weighted by Crippen LogP contribution is -2.17. The summed E-state index contributed by atoms with van der Waals surface area (Å²) in [5.74, 6) is -1.33. The molecule has 0 amide bonds. The molecule has 0 heterocycles. The lowest BCUT2D eigenvalue weighted by Gasteiger charge is -2.09. The summed E-state index contributed by atoms with van der Waals surface area (Å²) in [5, 5.41) is 0. The predicted molar refractivity (Wildman–Crippen MR) is 59.6 cm³/mol. The zero-order valence-corrected chi connectivity index (χ0v) is 9.86. The molecule has 80 valence electrons. The summed E-state index contributed by atoms with van der Waals surface area (Å²) in [7, 11) is 0. The van der Waals surface area contributed by atoms with Gasteiger partial charge in [0.25, 0.3) is 0 Å². The van der Waals surface area contributed by atoms with E-state index >= 15 is 0 Å². The van der Waals surface area contributed by atoms with Gasteiger partial charge in [-0.2, -0.15) is 0 Å². The minimum Gasteiger partial charge on any atom is -0.465 e. The van der Waals surface area contributed by atoms with Gasteiger partial charge >= 0.3 is 5.97 Å². The molecule has 0 saturated heterocycles. The van der Waals surface area contributed by atoms with Crippen molar-refractivity contribution in [2.75, 3.05) is 6.61 Å². The Morgan fingerprint density at radius 3 is 2.53 bits per heavy atom. The van der Waals surface area contributed by atoms with Gasteiger partial charge in [-0.25, -0.2) is 0 Å². The highest BCUT2D eigenvalue weighted by molar-refractivity contribution is 9.10. The molecule has 4 heteroatoms. The summed E-state index contributed by atoms with van der Waals surface area (Å²) in [4.78, 5) is 22.2. The first-order valence-corrected chi connectivity index (χ1v) is 5.35. The van der Waals surface area contributed by atoms with Crippen LogP contribution in [0.3, 0.4) is 0 Å². The fraction of sp³-hybridized carbons (Fsp3) is 0.273. The maximum absolute atomic E-state index is 11.4. The van der Waals surface area contributed by atoms with Crippen LogP contribution in [0.15, 0.2) is 28.7 Å². The molecule has 0 aliphatic carbocycles. The number of halogens is 1. The maximum atomic E-state index is 11.4. The van der Waals surface area contributed by atoms with Gasteiger partial charge in [0.15, 0.2) is 0 Å². The average Bonchev–Trinajstić information content (AvgIpc) is 2.22. The maximum Gasteiger partial charge on any atom is 0.320 e. The highest BCUT2D eigenvalue weighted by Crippen LogP contribution is 2.18. The molecular formula is C11H11BrO3. The van der Waals surface area contributed by atoms with Gasteiger partial charge in [0.05, 0.1) is 6.61 Å². The number of ether oxygens (including phenoxy) is 1. The number of hydrogen-bond donors (Lipinski definition) is 0. The average molecular weight is 271 g/mol. The number of esters is 1. The summed E-state index contributed by atoms with van der Waals surface area (Å²) in [6.07, 6.45) is 0.598. The van der Waals surface area contributed by atoms with Crippen molar-refractivity contribution in [1.29, 1.82) is 0 Å². The van der Waals surface area contributed by atoms with E-state index in [1.165, 1.54) is 0 Å². The summed E-state index contributed by atoms with van der Waals surface area (Å²) in [5.41, 5.74) is 0.645. The molecule has 0 N–H and O–H groups in total. The number of rotatable bonds is 4. The summed E-state index contributed by atoms with van der Waals surface area (Å²) >= 11 is 3.28. The SMILES string of the molecule is CCOC(=O)[C@H](C=O)c1ccc(Br)cc1. The van der Waals surface area contributed by atoms with Crippen molar-refractivity contribution in [1.82, 2.24) is 0 Å². The number of carbonyl (C=O) groups excluding carboxylic acids is 2. The van der Waals surface area contributed by atoms with Gasteiger partial charge < -0.3 is 9.53 Å². The number of hydrogen-bond acceptors (Lipinski definition) is 3. The molecule has 0 unspecified atom stereocenters. The Balaban J connectivity index is 2.87. The Hall–Kier alpha value is -1.16. The lowest BCUT2D eigenvalue weighted by atomic mass is 10.0. The van der Waals surface area contributed by atoms with Crippen LogP contribution in [0.5, 0.6) is 0 Å². The van der Waals surface area contributed by atoms with E-state index in [2.05, 4.69) is 15.9 Å². The monoisotopic (exact) mass is 270 g/mol. The van der Waals surface area contributed by atoms with Crippen molar-refractivity contribution in [2.24, 2.45) is 0 Å². The van der Waals surface area contributed by atoms with Crippen molar-refractivity contribution in [2.45, 2.75) is 12.8 Å². The molecule has 3 nitrogen and oxygen atoms in total. The summed E-state index contributed by atoms with van der Waals surface area (Å²) < 4.78 is 5.70. The highest BCUT2D eigenvalue weighted by Gasteiger charge is 2.20. The highest BCUT2D eigenvalue weighted by atomic mass is 79.9. The Bertz CT molecular complexity index is 345. The van der Waals surface area contributed by atoms with Crippen LogP contribution in [0.25, 0.3) is 0 Å². The van der Waals surface area contributed by atoms with E-state index < -0.39 is 11.9 Å². The molecule has 1 aromatic carbocycles. The molecule has 1 aromatic rings. The van der Waals surface area contributed by atoms with Crippen LogP contribution in [-0.4, -0.2) is 18.9 Å². The fourth-order valence-electron chi connectivity index (χ4n) is 1.17. The van der Waals surface area contributed by atoms with Crippen molar-refractivity contribution < 1.29 is 14.3 Å². The van der Waals surface area contributed by atoms with Crippen molar-refractivity contribution in [3.63, 3.8) is 0 Å². The topological polar surface area (TPSA) is 43.4 Å². The van der Waals surface area contributed by atoms with Crippen LogP contribution >= 0.6 is 15.9 Å². The molecule has 0 aliphatic rings. The van der Waals surface area contributed by atoms with E-state index in [0.29, 0.717) is 11.8 Å². The van der Waals surface area contributed by atoms with Gasteiger partial charge in [-0.15, -0.1) is 0 Å². The fourth-order valence-corrected chi connectivity index (χ4v) is 1.44. The van der Waals surface area contributed by atoms with Gasteiger partial charge in [0, 0.05) is 4.47 Å². The Morgan fingerprint density at radius 1 is 1.47 bits per heavy atom. The second kappa shape index (κ2) is 5.66. The zero-order valence-electron chi connectivity index (χ0n) is 8.27. The van der Waals surface area contributed by atoms with Crippen LogP contribution in [0.4, 0.5) is 0 Å². The smallest absolute Gasteiger partial charge is 0.320 e. The molecule has 0 aliphatic heterocycles. The zero-order chi connectivity index (χ0) is 11.3. The van der Waals surface area contributed by atoms with E-state index in [1.54, 1.807) is 31.2 Å². The number of carbonyl (C=O) groups is 2. The van der Waals surface area contributed by atoms with Gasteiger partial charge in [0.1, 0.15) is 12.2 Å². The third-order valence-electron chi connectivity index (χ3n) is 1.91. The second-order valence-corrected chi connectivity index (χ2v) is 3.83. The normalized spacial score (nSPS) is 11.9. The van der Waals surface area contributed by atoms with E-state index in [1.807, 2.05) is 0 Å². The van der Waals surface area contributed by atoms with Crippen LogP contribution in [0.1, 0.15) is 18.4 Å². The lowest BCUT2D eigenvalue weighted by molar-refractivity contribution is -0.146. The van der Waals surface area contributed by atoms with Crippen molar-refractivity contribution in [3.8, 4) is 0 Å². The van der Waals surface area contributed by atoms with Crippen LogP contribution in [0, 0.1) is 0 Å². The molecule has 0 fully saturated rings. The summed E-state index contributed by atoms with van der Waals surface area (Å²) in [6, 6.07) is 7.01. The first-order chi connectivity index (χ1) is 7.19. The molecule has 15 heavy (non-hydrogen) atoms. The number of aldehydes is 1. The van der Waals surface area contributed by atoms with Gasteiger partial charge in [-0.05, 0) is 24.6 Å². The van der Waals surface area contributed by atoms with E-state index in [4.69, 9.17) is 4.74 Å². The standard InChI is InChI=1S/C11H11BrO3/c1-2-15-11(14)10(7-13)8-3-5-9(12)6-4-8/h3-7,10H,2H2,1H3/t10-/m1/s1. The Kier molecular flexibility index (Phi) is 4.49. The molecule has 0 aromatic heterocycles. The molecule has 0 radical (unpaired) electrons. The third kappa shape index (κ3) is 3.16. The quantitative estimate of drug-likeness (QED) is 0.479. The van der Waals surface area contributed by atoms with Gasteiger partial charge in [0.2, 0.25) is 0 Å². The molecule has 0 saturated carbocycles.